The molecule has 5 rings (SSSR count). The van der Waals surface area contributed by atoms with Gasteiger partial charge in [-0.1, -0.05) is 91.0 Å². The second-order valence-corrected chi connectivity index (χ2v) is 6.43. The molecule has 1 aromatic heterocycles. The fraction of sp³-hybridized carbons (Fsp3) is 0.0417. The summed E-state index contributed by atoms with van der Waals surface area (Å²) < 4.78 is 0. The lowest BCUT2D eigenvalue weighted by atomic mass is 9.69. The average molecular weight is 319 g/mol. The molecule has 1 aliphatic carbocycles. The molecule has 25 heavy (non-hydrogen) atoms. The van der Waals surface area contributed by atoms with Crippen LogP contribution in [0.25, 0.3) is 11.1 Å². The average Bonchev–Trinajstić information content (AvgIpc) is 3.01. The number of pyridine rings is 1. The Balaban J connectivity index is 1.98. The lowest BCUT2D eigenvalue weighted by Crippen LogP contribution is -2.29. The molecular weight excluding hydrogens is 302 g/mol. The zero-order valence-electron chi connectivity index (χ0n) is 13.8. The van der Waals surface area contributed by atoms with Gasteiger partial charge in [-0.2, -0.15) is 0 Å². The fourth-order valence-electron chi connectivity index (χ4n) is 4.22. The van der Waals surface area contributed by atoms with E-state index in [4.69, 9.17) is 4.98 Å². The summed E-state index contributed by atoms with van der Waals surface area (Å²) in [5, 5.41) is 0. The van der Waals surface area contributed by atoms with E-state index in [9.17, 15) is 0 Å². The van der Waals surface area contributed by atoms with Crippen LogP contribution in [0.2, 0.25) is 0 Å². The molecule has 1 heterocycles. The van der Waals surface area contributed by atoms with Gasteiger partial charge in [0, 0.05) is 11.8 Å². The van der Waals surface area contributed by atoms with Crippen molar-refractivity contribution < 1.29 is 0 Å². The van der Waals surface area contributed by atoms with Crippen LogP contribution in [0.15, 0.2) is 103 Å². The molecule has 118 valence electrons. The van der Waals surface area contributed by atoms with Crippen molar-refractivity contribution in [3.8, 4) is 11.1 Å². The van der Waals surface area contributed by atoms with Crippen LogP contribution in [-0.2, 0) is 5.41 Å². The molecule has 0 spiro atoms. The van der Waals surface area contributed by atoms with Gasteiger partial charge in [0.05, 0.1) is 11.1 Å². The third-order valence-corrected chi connectivity index (χ3v) is 5.20. The van der Waals surface area contributed by atoms with E-state index in [0.717, 1.165) is 5.69 Å². The Bertz CT molecular complexity index is 949. The minimum absolute atomic E-state index is 0.365. The zero-order chi connectivity index (χ0) is 16.7. The van der Waals surface area contributed by atoms with Crippen molar-refractivity contribution in [2.24, 2.45) is 0 Å². The van der Waals surface area contributed by atoms with Crippen LogP contribution in [-0.4, -0.2) is 4.98 Å². The van der Waals surface area contributed by atoms with Gasteiger partial charge in [0.2, 0.25) is 0 Å². The standard InChI is InChI=1S/C24H17N/c1-3-10-18(11-4-1)24(19-12-5-2-6-13-19)22-16-8-7-14-20(22)21-15-9-17-25-23(21)24/h1-17H. The zero-order valence-corrected chi connectivity index (χ0v) is 13.8. The molecule has 0 bridgehead atoms. The van der Waals surface area contributed by atoms with Crippen LogP contribution in [0, 0.1) is 0 Å². The quantitative estimate of drug-likeness (QED) is 0.422. The Morgan fingerprint density at radius 1 is 0.520 bits per heavy atom. The highest BCUT2D eigenvalue weighted by Crippen LogP contribution is 2.54. The van der Waals surface area contributed by atoms with Gasteiger partial charge >= 0.3 is 0 Å². The Hall–Kier alpha value is -3.19. The molecule has 0 aliphatic heterocycles. The van der Waals surface area contributed by atoms with Crippen LogP contribution < -0.4 is 0 Å². The van der Waals surface area contributed by atoms with Crippen molar-refractivity contribution in [2.45, 2.75) is 5.41 Å². The minimum atomic E-state index is -0.365. The SMILES string of the molecule is c1ccc(C2(c3ccccc3)c3ccccc3-c3cccnc32)cc1. The summed E-state index contributed by atoms with van der Waals surface area (Å²) >= 11 is 0. The molecular formula is C24H17N. The highest BCUT2D eigenvalue weighted by atomic mass is 14.7. The second-order valence-electron chi connectivity index (χ2n) is 6.43. The van der Waals surface area contributed by atoms with Crippen LogP contribution in [0.3, 0.4) is 0 Å². The maximum atomic E-state index is 4.88. The number of hydrogen-bond acceptors (Lipinski definition) is 1. The Morgan fingerprint density at radius 3 is 1.76 bits per heavy atom. The molecule has 1 aliphatic rings. The second kappa shape index (κ2) is 5.42. The van der Waals surface area contributed by atoms with Gasteiger partial charge in [-0.3, -0.25) is 4.98 Å². The first kappa shape index (κ1) is 14.2. The van der Waals surface area contributed by atoms with E-state index in [-0.39, 0.29) is 5.41 Å². The molecule has 0 saturated carbocycles. The van der Waals surface area contributed by atoms with E-state index in [2.05, 4.69) is 91.0 Å². The van der Waals surface area contributed by atoms with E-state index in [1.807, 2.05) is 12.3 Å². The van der Waals surface area contributed by atoms with Gasteiger partial charge < -0.3 is 0 Å². The maximum Gasteiger partial charge on any atom is 0.0886 e. The third-order valence-electron chi connectivity index (χ3n) is 5.20. The third kappa shape index (κ3) is 1.87. The van der Waals surface area contributed by atoms with Crippen molar-refractivity contribution >= 4 is 0 Å². The van der Waals surface area contributed by atoms with Gasteiger partial charge in [0.25, 0.3) is 0 Å². The van der Waals surface area contributed by atoms with E-state index in [1.165, 1.54) is 27.8 Å². The molecule has 1 heteroatoms. The van der Waals surface area contributed by atoms with Crippen molar-refractivity contribution in [2.75, 3.05) is 0 Å². The number of nitrogens with zero attached hydrogens (tertiary/aromatic N) is 1. The van der Waals surface area contributed by atoms with E-state index in [0.29, 0.717) is 0 Å². The molecule has 0 fully saturated rings. The van der Waals surface area contributed by atoms with Crippen molar-refractivity contribution in [3.63, 3.8) is 0 Å². The molecule has 0 N–H and O–H groups in total. The highest BCUT2D eigenvalue weighted by molar-refractivity contribution is 5.84. The number of aromatic nitrogens is 1. The number of rotatable bonds is 2. The Labute approximate surface area is 147 Å². The fourth-order valence-corrected chi connectivity index (χ4v) is 4.22. The summed E-state index contributed by atoms with van der Waals surface area (Å²) in [5.74, 6) is 0. The molecule has 4 aromatic rings. The summed E-state index contributed by atoms with van der Waals surface area (Å²) in [6.45, 7) is 0. The lowest BCUT2D eigenvalue weighted by Gasteiger charge is -2.32. The first-order chi connectivity index (χ1) is 12.4. The summed E-state index contributed by atoms with van der Waals surface area (Å²) in [4.78, 5) is 4.88. The molecule has 0 radical (unpaired) electrons. The van der Waals surface area contributed by atoms with Crippen LogP contribution in [0.1, 0.15) is 22.4 Å². The van der Waals surface area contributed by atoms with Gasteiger partial charge in [0.15, 0.2) is 0 Å². The van der Waals surface area contributed by atoms with E-state index >= 15 is 0 Å². The van der Waals surface area contributed by atoms with Gasteiger partial charge in [-0.05, 0) is 28.3 Å². The first-order valence-corrected chi connectivity index (χ1v) is 8.59. The normalized spacial score (nSPS) is 13.9. The molecule has 0 amide bonds. The molecule has 0 unspecified atom stereocenters. The molecule has 0 saturated heterocycles. The van der Waals surface area contributed by atoms with E-state index in [1.54, 1.807) is 0 Å². The monoisotopic (exact) mass is 319 g/mol. The van der Waals surface area contributed by atoms with E-state index < -0.39 is 0 Å². The largest absolute Gasteiger partial charge is 0.259 e. The topological polar surface area (TPSA) is 12.9 Å². The smallest absolute Gasteiger partial charge is 0.0886 e. The van der Waals surface area contributed by atoms with Crippen LogP contribution >= 0.6 is 0 Å². The summed E-state index contributed by atoms with van der Waals surface area (Å²) in [6, 6.07) is 34.4. The molecule has 3 aromatic carbocycles. The molecule has 1 nitrogen and oxygen atoms in total. The van der Waals surface area contributed by atoms with Crippen molar-refractivity contribution in [1.29, 1.82) is 0 Å². The Kier molecular flexibility index (Phi) is 3.07. The summed E-state index contributed by atoms with van der Waals surface area (Å²) in [5.41, 5.74) is 7.08. The lowest BCUT2D eigenvalue weighted by molar-refractivity contribution is 0.738. The number of benzene rings is 3. The van der Waals surface area contributed by atoms with Crippen LogP contribution in [0.4, 0.5) is 0 Å². The summed E-state index contributed by atoms with van der Waals surface area (Å²) in [6.07, 6.45) is 1.91. The van der Waals surface area contributed by atoms with Gasteiger partial charge in [0.1, 0.15) is 0 Å². The van der Waals surface area contributed by atoms with Crippen LogP contribution in [0.5, 0.6) is 0 Å². The van der Waals surface area contributed by atoms with Gasteiger partial charge in [-0.15, -0.1) is 0 Å². The van der Waals surface area contributed by atoms with Gasteiger partial charge in [-0.25, -0.2) is 0 Å². The number of hydrogen-bond donors (Lipinski definition) is 0. The number of fused-ring (bicyclic) bond motifs is 3. The predicted molar refractivity (Wildman–Crippen MR) is 102 cm³/mol. The van der Waals surface area contributed by atoms with Crippen molar-refractivity contribution in [3.05, 3.63) is 126 Å². The maximum absolute atomic E-state index is 4.88. The molecule has 0 atom stereocenters. The first-order valence-electron chi connectivity index (χ1n) is 8.59. The Morgan fingerprint density at radius 2 is 1.08 bits per heavy atom. The van der Waals surface area contributed by atoms with Crippen molar-refractivity contribution in [1.82, 2.24) is 4.98 Å². The minimum Gasteiger partial charge on any atom is -0.259 e. The predicted octanol–water partition coefficient (Wildman–Crippen LogP) is 5.44. The highest BCUT2D eigenvalue weighted by Gasteiger charge is 2.46. The summed E-state index contributed by atoms with van der Waals surface area (Å²) in [7, 11) is 0.